The van der Waals surface area contributed by atoms with Crippen molar-refractivity contribution in [3.05, 3.63) is 69.2 Å². The van der Waals surface area contributed by atoms with Crippen molar-refractivity contribution in [3.8, 4) is 0 Å². The van der Waals surface area contributed by atoms with Gasteiger partial charge in [-0.1, -0.05) is 6.07 Å². The highest BCUT2D eigenvalue weighted by molar-refractivity contribution is 9.10. The molecule has 0 saturated carbocycles. The number of aliphatic hydroxyl groups is 1. The summed E-state index contributed by atoms with van der Waals surface area (Å²) in [5.41, 5.74) is -1.04. The van der Waals surface area contributed by atoms with Gasteiger partial charge in [0.05, 0.1) is 16.1 Å². The Labute approximate surface area is 121 Å². The summed E-state index contributed by atoms with van der Waals surface area (Å²) in [5, 5.41) is 9.85. The molecule has 1 unspecified atom stereocenters. The minimum absolute atomic E-state index is 0.00936. The van der Waals surface area contributed by atoms with Gasteiger partial charge in [0.15, 0.2) is 0 Å². The minimum Gasteiger partial charge on any atom is -0.388 e. The van der Waals surface area contributed by atoms with E-state index in [9.17, 15) is 22.7 Å². The first kappa shape index (κ1) is 15.0. The highest BCUT2D eigenvalue weighted by Crippen LogP contribution is 2.28. The highest BCUT2D eigenvalue weighted by atomic mass is 79.9. The molecule has 6 heteroatoms. The minimum atomic E-state index is -1.69. The van der Waals surface area contributed by atoms with Gasteiger partial charge >= 0.3 is 0 Å². The molecule has 0 amide bonds. The Hall–Kier alpha value is -1.40. The van der Waals surface area contributed by atoms with E-state index in [0.717, 1.165) is 24.3 Å². The summed E-state index contributed by atoms with van der Waals surface area (Å²) in [5.74, 6) is -3.72. The Balaban J connectivity index is 2.38. The monoisotopic (exact) mass is 348 g/mol. The Bertz CT molecular complexity index is 625. The van der Waals surface area contributed by atoms with Crippen molar-refractivity contribution in [1.82, 2.24) is 0 Å². The molecular formula is C14H9BrF4O. The number of benzene rings is 2. The zero-order valence-corrected chi connectivity index (χ0v) is 11.6. The van der Waals surface area contributed by atoms with Gasteiger partial charge in [-0.2, -0.15) is 0 Å². The first-order valence-electron chi connectivity index (χ1n) is 5.66. The third kappa shape index (κ3) is 2.86. The molecule has 0 spiro atoms. The lowest BCUT2D eigenvalue weighted by Gasteiger charge is -2.14. The maximum atomic E-state index is 13.8. The molecule has 1 nitrogen and oxygen atoms in total. The lowest BCUT2D eigenvalue weighted by molar-refractivity contribution is 0.165. The van der Waals surface area contributed by atoms with Gasteiger partial charge in [-0.05, 0) is 40.2 Å². The largest absolute Gasteiger partial charge is 0.388 e. The maximum absolute atomic E-state index is 13.8. The predicted molar refractivity (Wildman–Crippen MR) is 69.1 cm³/mol. The van der Waals surface area contributed by atoms with Gasteiger partial charge in [0.25, 0.3) is 0 Å². The molecule has 0 bridgehead atoms. The first-order valence-corrected chi connectivity index (χ1v) is 6.45. The molecule has 0 saturated heterocycles. The molecule has 0 aromatic heterocycles. The summed E-state index contributed by atoms with van der Waals surface area (Å²) in [7, 11) is 0. The van der Waals surface area contributed by atoms with Gasteiger partial charge in [0, 0.05) is 12.0 Å². The maximum Gasteiger partial charge on any atom is 0.143 e. The van der Waals surface area contributed by atoms with Crippen LogP contribution in [-0.2, 0) is 6.42 Å². The van der Waals surface area contributed by atoms with Gasteiger partial charge in [-0.15, -0.1) is 0 Å². The molecule has 2 aromatic carbocycles. The molecule has 0 aliphatic carbocycles. The summed E-state index contributed by atoms with van der Waals surface area (Å²) in [6.07, 6.45) is -2.26. The Morgan fingerprint density at radius 3 is 2.15 bits per heavy atom. The number of hydrogen-bond acceptors (Lipinski definition) is 1. The van der Waals surface area contributed by atoms with Crippen LogP contribution in [0.5, 0.6) is 0 Å². The average Bonchev–Trinajstić information content (AvgIpc) is 2.39. The van der Waals surface area contributed by atoms with Crippen LogP contribution in [0.25, 0.3) is 0 Å². The molecule has 1 N–H and O–H groups in total. The summed E-state index contributed by atoms with van der Waals surface area (Å²) in [6.45, 7) is 0. The predicted octanol–water partition coefficient (Wildman–Crippen LogP) is 4.28. The number of rotatable bonds is 3. The van der Waals surface area contributed by atoms with Crippen LogP contribution in [0.2, 0.25) is 0 Å². The van der Waals surface area contributed by atoms with Crippen LogP contribution >= 0.6 is 15.9 Å². The van der Waals surface area contributed by atoms with Crippen molar-refractivity contribution < 1.29 is 22.7 Å². The average molecular weight is 349 g/mol. The van der Waals surface area contributed by atoms with E-state index in [1.165, 1.54) is 6.07 Å². The van der Waals surface area contributed by atoms with E-state index in [1.54, 1.807) is 0 Å². The van der Waals surface area contributed by atoms with E-state index >= 15 is 0 Å². The van der Waals surface area contributed by atoms with E-state index in [1.807, 2.05) is 0 Å². The topological polar surface area (TPSA) is 20.2 Å². The Kier molecular flexibility index (Phi) is 4.45. The standard InChI is InChI=1S/C14H9BrF4O/c15-8-4-5-9(16)7(14(8)19)6-12(20)13-10(17)2-1-3-11(13)18/h1-5,12,20H,6H2. The second-order valence-corrected chi connectivity index (χ2v) is 5.03. The van der Waals surface area contributed by atoms with E-state index in [2.05, 4.69) is 15.9 Å². The SMILES string of the molecule is OC(Cc1c(F)ccc(Br)c1F)c1c(F)cccc1F. The Morgan fingerprint density at radius 1 is 0.950 bits per heavy atom. The quantitative estimate of drug-likeness (QED) is 0.648. The first-order chi connectivity index (χ1) is 9.41. The normalized spacial score (nSPS) is 12.5. The van der Waals surface area contributed by atoms with Crippen molar-refractivity contribution in [2.75, 3.05) is 0 Å². The third-order valence-corrected chi connectivity index (χ3v) is 3.48. The zero-order valence-electron chi connectivity index (χ0n) is 10.0. The second-order valence-electron chi connectivity index (χ2n) is 4.18. The lowest BCUT2D eigenvalue weighted by atomic mass is 9.99. The van der Waals surface area contributed by atoms with Gasteiger partial charge in [-0.3, -0.25) is 0 Å². The summed E-state index contributed by atoms with van der Waals surface area (Å²) in [6, 6.07) is 5.25. The zero-order chi connectivity index (χ0) is 14.9. The van der Waals surface area contributed by atoms with Crippen molar-refractivity contribution >= 4 is 15.9 Å². The van der Waals surface area contributed by atoms with Crippen LogP contribution in [0.15, 0.2) is 34.8 Å². The molecule has 0 heterocycles. The molecule has 20 heavy (non-hydrogen) atoms. The summed E-state index contributed by atoms with van der Waals surface area (Å²) in [4.78, 5) is 0. The smallest absolute Gasteiger partial charge is 0.143 e. The van der Waals surface area contributed by atoms with Gasteiger partial charge in [0.1, 0.15) is 23.3 Å². The summed E-state index contributed by atoms with van der Waals surface area (Å²) >= 11 is 2.88. The van der Waals surface area contributed by atoms with Crippen LogP contribution in [0.1, 0.15) is 17.2 Å². The van der Waals surface area contributed by atoms with Crippen LogP contribution in [-0.4, -0.2) is 5.11 Å². The number of hydrogen-bond donors (Lipinski definition) is 1. The van der Waals surface area contributed by atoms with E-state index in [-0.39, 0.29) is 4.47 Å². The van der Waals surface area contributed by atoms with Gasteiger partial charge in [-0.25, -0.2) is 17.6 Å². The van der Waals surface area contributed by atoms with Crippen molar-refractivity contribution in [2.24, 2.45) is 0 Å². The molecular weight excluding hydrogens is 340 g/mol. The molecule has 0 radical (unpaired) electrons. The molecule has 0 aliphatic heterocycles. The third-order valence-electron chi connectivity index (χ3n) is 2.87. The van der Waals surface area contributed by atoms with Crippen molar-refractivity contribution in [3.63, 3.8) is 0 Å². The lowest BCUT2D eigenvalue weighted by Crippen LogP contribution is -2.10. The molecule has 1 atom stereocenters. The highest BCUT2D eigenvalue weighted by Gasteiger charge is 2.22. The fourth-order valence-corrected chi connectivity index (χ4v) is 2.25. The van der Waals surface area contributed by atoms with Gasteiger partial charge in [0.2, 0.25) is 0 Å². The van der Waals surface area contributed by atoms with E-state index in [4.69, 9.17) is 0 Å². The molecule has 106 valence electrons. The van der Waals surface area contributed by atoms with E-state index < -0.39 is 46.9 Å². The van der Waals surface area contributed by atoms with E-state index in [0.29, 0.717) is 0 Å². The number of halogens is 5. The summed E-state index contributed by atoms with van der Waals surface area (Å²) < 4.78 is 54.3. The Morgan fingerprint density at radius 2 is 1.55 bits per heavy atom. The number of aliphatic hydroxyl groups excluding tert-OH is 1. The van der Waals surface area contributed by atoms with Crippen LogP contribution in [0.4, 0.5) is 17.6 Å². The van der Waals surface area contributed by atoms with Crippen LogP contribution in [0.3, 0.4) is 0 Å². The molecule has 2 aromatic rings. The molecule has 2 rings (SSSR count). The van der Waals surface area contributed by atoms with Crippen LogP contribution < -0.4 is 0 Å². The van der Waals surface area contributed by atoms with Crippen molar-refractivity contribution in [2.45, 2.75) is 12.5 Å². The molecule has 0 aliphatic rings. The van der Waals surface area contributed by atoms with Crippen LogP contribution in [0, 0.1) is 23.3 Å². The molecule has 0 fully saturated rings. The fraction of sp³-hybridized carbons (Fsp3) is 0.143. The van der Waals surface area contributed by atoms with Gasteiger partial charge < -0.3 is 5.11 Å². The fourth-order valence-electron chi connectivity index (χ4n) is 1.88. The van der Waals surface area contributed by atoms with Crippen molar-refractivity contribution in [1.29, 1.82) is 0 Å². The second kappa shape index (κ2) is 5.93.